The molecule has 2 aliphatic rings. The molecule has 3 nitrogen and oxygen atoms in total. The lowest BCUT2D eigenvalue weighted by atomic mass is 10.0. The highest BCUT2D eigenvalue weighted by Crippen LogP contribution is 2.46. The van der Waals surface area contributed by atoms with Crippen molar-refractivity contribution in [3.05, 3.63) is 108 Å². The maximum Gasteiger partial charge on any atom is 0.0646 e. The van der Waals surface area contributed by atoms with Crippen LogP contribution < -0.4 is 0 Å². The molecule has 4 aromatic carbocycles. The van der Waals surface area contributed by atoms with Gasteiger partial charge in [-0.25, -0.2) is 0 Å². The zero-order valence-corrected chi connectivity index (χ0v) is 18.4. The summed E-state index contributed by atoms with van der Waals surface area (Å²) in [5.41, 5.74) is 7.95. The predicted molar refractivity (Wildman–Crippen MR) is 133 cm³/mol. The second-order valence-corrected chi connectivity index (χ2v) is 8.81. The van der Waals surface area contributed by atoms with Crippen LogP contribution in [0.25, 0.3) is 21.9 Å². The molecule has 0 radical (unpaired) electrons. The van der Waals surface area contributed by atoms with Gasteiger partial charge in [0.25, 0.3) is 0 Å². The van der Waals surface area contributed by atoms with Crippen LogP contribution in [0.15, 0.2) is 96.1 Å². The third-order valence-corrected chi connectivity index (χ3v) is 6.92. The molecule has 3 heteroatoms. The summed E-state index contributed by atoms with van der Waals surface area (Å²) in [4.78, 5) is 2.63. The average molecular weight is 418 g/mol. The van der Waals surface area contributed by atoms with E-state index < -0.39 is 0 Å². The Kier molecular flexibility index (Phi) is 4.77. The Labute approximate surface area is 189 Å². The van der Waals surface area contributed by atoms with Crippen molar-refractivity contribution >= 4 is 16.5 Å². The van der Waals surface area contributed by atoms with Crippen molar-refractivity contribution in [2.45, 2.75) is 13.0 Å². The molecule has 1 aliphatic heterocycles. The molecule has 1 fully saturated rings. The summed E-state index contributed by atoms with van der Waals surface area (Å²) in [6.07, 6.45) is 0. The first-order chi connectivity index (χ1) is 15.8. The van der Waals surface area contributed by atoms with Crippen LogP contribution in [0.3, 0.4) is 0 Å². The van der Waals surface area contributed by atoms with Gasteiger partial charge in [-0.1, -0.05) is 84.9 Å². The van der Waals surface area contributed by atoms with Gasteiger partial charge in [-0.05, 0) is 51.6 Å². The molecule has 32 heavy (non-hydrogen) atoms. The number of hydrogen-bond acceptors (Lipinski definition) is 3. The molecule has 0 spiro atoms. The number of hydrazone groups is 1. The fraction of sp³-hybridized carbons (Fsp3) is 0.207. The van der Waals surface area contributed by atoms with E-state index in [1.54, 1.807) is 0 Å². The molecule has 0 aromatic heterocycles. The van der Waals surface area contributed by atoms with Crippen LogP contribution in [-0.2, 0) is 0 Å². The molecular formula is C29H27N3. The van der Waals surface area contributed by atoms with E-state index in [4.69, 9.17) is 5.10 Å². The highest BCUT2D eigenvalue weighted by atomic mass is 15.5. The number of hydrogen-bond donors (Lipinski definition) is 0. The monoisotopic (exact) mass is 417 g/mol. The van der Waals surface area contributed by atoms with Gasteiger partial charge in [0.1, 0.15) is 0 Å². The molecule has 1 saturated heterocycles. The quantitative estimate of drug-likeness (QED) is 0.384. The molecule has 0 saturated carbocycles. The van der Waals surface area contributed by atoms with Crippen LogP contribution in [0, 0.1) is 0 Å². The van der Waals surface area contributed by atoms with E-state index in [0.29, 0.717) is 6.04 Å². The second-order valence-electron chi connectivity index (χ2n) is 8.81. The summed E-state index contributed by atoms with van der Waals surface area (Å²) in [5.74, 6) is 0. The van der Waals surface area contributed by atoms with Crippen LogP contribution in [0.2, 0.25) is 0 Å². The van der Waals surface area contributed by atoms with E-state index in [2.05, 4.69) is 108 Å². The van der Waals surface area contributed by atoms with Crippen LogP contribution >= 0.6 is 0 Å². The summed E-state index contributed by atoms with van der Waals surface area (Å²) in [5, 5.41) is 9.77. The zero-order valence-electron chi connectivity index (χ0n) is 18.4. The summed E-state index contributed by atoms with van der Waals surface area (Å²) in [6, 6.07) is 33.3. The Hall–Kier alpha value is -3.43. The first kappa shape index (κ1) is 19.3. The number of fused-ring (bicyclic) bond motifs is 4. The van der Waals surface area contributed by atoms with Gasteiger partial charge in [0.2, 0.25) is 0 Å². The summed E-state index contributed by atoms with van der Waals surface area (Å²) in [6.45, 7) is 6.06. The van der Waals surface area contributed by atoms with Gasteiger partial charge in [-0.2, -0.15) is 5.10 Å². The van der Waals surface area contributed by atoms with Crippen molar-refractivity contribution < 1.29 is 0 Å². The lowest BCUT2D eigenvalue weighted by Gasteiger charge is -2.37. The van der Waals surface area contributed by atoms with Crippen molar-refractivity contribution in [3.63, 3.8) is 0 Å². The van der Waals surface area contributed by atoms with E-state index in [-0.39, 0.29) is 0 Å². The number of nitrogens with zero attached hydrogens (tertiary/aromatic N) is 3. The lowest BCUT2D eigenvalue weighted by molar-refractivity contribution is 0.114. The molecule has 4 aromatic rings. The van der Waals surface area contributed by atoms with Gasteiger partial charge in [-0.3, -0.25) is 9.91 Å². The molecule has 1 heterocycles. The zero-order chi connectivity index (χ0) is 21.5. The third-order valence-electron chi connectivity index (χ3n) is 6.92. The number of benzene rings is 4. The largest absolute Gasteiger partial charge is 0.294 e. The number of rotatable bonds is 3. The van der Waals surface area contributed by atoms with E-state index in [1.165, 1.54) is 38.6 Å². The van der Waals surface area contributed by atoms with Gasteiger partial charge in [0, 0.05) is 26.2 Å². The predicted octanol–water partition coefficient (Wildman–Crippen LogP) is 5.95. The van der Waals surface area contributed by atoms with Gasteiger partial charge in [0.15, 0.2) is 0 Å². The minimum absolute atomic E-state index is 0.357. The van der Waals surface area contributed by atoms with Gasteiger partial charge < -0.3 is 0 Å². The van der Waals surface area contributed by atoms with Gasteiger partial charge in [0.05, 0.1) is 11.8 Å². The molecule has 0 bridgehead atoms. The normalized spacial score (nSPS) is 16.9. The highest BCUT2D eigenvalue weighted by molar-refractivity contribution is 6.01. The fourth-order valence-electron chi connectivity index (χ4n) is 5.28. The van der Waals surface area contributed by atoms with Crippen LogP contribution in [0.5, 0.6) is 0 Å². The smallest absolute Gasteiger partial charge is 0.0646 e. The molecule has 1 aliphatic carbocycles. The highest BCUT2D eigenvalue weighted by Gasteiger charge is 2.33. The van der Waals surface area contributed by atoms with Crippen LogP contribution in [-0.4, -0.2) is 41.8 Å². The number of piperazine rings is 1. The first-order valence-electron chi connectivity index (χ1n) is 11.5. The minimum atomic E-state index is 0.357. The summed E-state index contributed by atoms with van der Waals surface area (Å²) >= 11 is 0. The molecular weight excluding hydrogens is 390 g/mol. The Morgan fingerprint density at radius 2 is 1.28 bits per heavy atom. The molecule has 0 unspecified atom stereocenters. The Balaban J connectivity index is 1.20. The SMILES string of the molecule is CC(=NN1CCN(C2c3ccccc3-c3ccccc32)CC1)c1ccc2ccccc2c1. The Bertz CT molecular complexity index is 1270. The van der Waals surface area contributed by atoms with E-state index >= 15 is 0 Å². The molecule has 0 atom stereocenters. The fourth-order valence-corrected chi connectivity index (χ4v) is 5.28. The van der Waals surface area contributed by atoms with E-state index in [9.17, 15) is 0 Å². The van der Waals surface area contributed by atoms with Crippen LogP contribution in [0.1, 0.15) is 29.7 Å². The average Bonchev–Trinajstić information content (AvgIpc) is 3.19. The maximum absolute atomic E-state index is 4.99. The summed E-state index contributed by atoms with van der Waals surface area (Å²) in [7, 11) is 0. The molecule has 158 valence electrons. The Morgan fingerprint density at radius 1 is 0.688 bits per heavy atom. The van der Waals surface area contributed by atoms with Crippen LogP contribution in [0.4, 0.5) is 0 Å². The first-order valence-corrected chi connectivity index (χ1v) is 11.5. The van der Waals surface area contributed by atoms with Crippen molar-refractivity contribution in [2.75, 3.05) is 26.2 Å². The topological polar surface area (TPSA) is 18.8 Å². The van der Waals surface area contributed by atoms with Gasteiger partial charge >= 0.3 is 0 Å². The van der Waals surface area contributed by atoms with Gasteiger partial charge in [-0.15, -0.1) is 0 Å². The van der Waals surface area contributed by atoms with Crippen molar-refractivity contribution in [1.29, 1.82) is 0 Å². The third kappa shape index (κ3) is 3.30. The van der Waals surface area contributed by atoms with Crippen molar-refractivity contribution in [3.8, 4) is 11.1 Å². The second kappa shape index (κ2) is 7.92. The van der Waals surface area contributed by atoms with E-state index in [0.717, 1.165) is 31.9 Å². The van der Waals surface area contributed by atoms with Crippen molar-refractivity contribution in [1.82, 2.24) is 9.91 Å². The minimum Gasteiger partial charge on any atom is -0.294 e. The lowest BCUT2D eigenvalue weighted by Crippen LogP contribution is -2.45. The molecule has 0 amide bonds. The Morgan fingerprint density at radius 3 is 1.97 bits per heavy atom. The molecule has 6 rings (SSSR count). The van der Waals surface area contributed by atoms with Crippen molar-refractivity contribution in [2.24, 2.45) is 5.10 Å². The standard InChI is InChI=1S/C29H27N3/c1-21(23-15-14-22-8-2-3-9-24(22)20-23)30-32-18-16-31(17-19-32)29-27-12-6-4-10-25(27)26-11-5-7-13-28(26)29/h2-15,20,29H,16-19H2,1H3. The van der Waals surface area contributed by atoms with E-state index in [1.807, 2.05) is 0 Å². The maximum atomic E-state index is 4.99. The molecule has 0 N–H and O–H groups in total. The summed E-state index contributed by atoms with van der Waals surface area (Å²) < 4.78 is 0.